The van der Waals surface area contributed by atoms with Gasteiger partial charge in [-0.2, -0.15) is 0 Å². The number of hydrogen-bond acceptors (Lipinski definition) is 4. The van der Waals surface area contributed by atoms with Gasteiger partial charge in [-0.3, -0.25) is 9.59 Å². The summed E-state index contributed by atoms with van der Waals surface area (Å²) in [5.74, 6) is 0.166. The van der Waals surface area contributed by atoms with Crippen molar-refractivity contribution in [2.45, 2.75) is 32.6 Å². The van der Waals surface area contributed by atoms with Gasteiger partial charge in [0.25, 0.3) is 5.91 Å². The molecule has 0 bridgehead atoms. The molecule has 1 amide bonds. The highest BCUT2D eigenvalue weighted by molar-refractivity contribution is 6.30. The van der Waals surface area contributed by atoms with Gasteiger partial charge in [-0.05, 0) is 50.2 Å². The predicted molar refractivity (Wildman–Crippen MR) is 83.8 cm³/mol. The smallest absolute Gasteiger partial charge is 0.308 e. The van der Waals surface area contributed by atoms with Gasteiger partial charge < -0.3 is 10.1 Å². The number of nitrogens with one attached hydrogen (secondary N) is 1. The molecule has 1 heterocycles. The Morgan fingerprint density at radius 3 is 2.64 bits per heavy atom. The van der Waals surface area contributed by atoms with Crippen LogP contribution in [0.2, 0.25) is 5.15 Å². The summed E-state index contributed by atoms with van der Waals surface area (Å²) < 4.78 is 4.78. The normalized spacial score (nSPS) is 21.2. The summed E-state index contributed by atoms with van der Waals surface area (Å²) in [6, 6.07) is 1.73. The number of carbonyl (C=O) groups is 2. The van der Waals surface area contributed by atoms with Crippen molar-refractivity contribution in [3.05, 3.63) is 28.5 Å². The Morgan fingerprint density at radius 1 is 1.36 bits per heavy atom. The van der Waals surface area contributed by atoms with Gasteiger partial charge >= 0.3 is 5.97 Å². The molecular formula is C16H21ClN2O3. The van der Waals surface area contributed by atoms with Gasteiger partial charge in [0, 0.05) is 12.7 Å². The van der Waals surface area contributed by atoms with Crippen LogP contribution in [0.3, 0.4) is 0 Å². The van der Waals surface area contributed by atoms with Gasteiger partial charge in [0.2, 0.25) is 0 Å². The maximum Gasteiger partial charge on any atom is 0.308 e. The molecule has 0 spiro atoms. The third-order valence-corrected chi connectivity index (χ3v) is 4.60. The van der Waals surface area contributed by atoms with Crippen LogP contribution < -0.4 is 5.32 Å². The van der Waals surface area contributed by atoms with Crippen molar-refractivity contribution >= 4 is 23.5 Å². The van der Waals surface area contributed by atoms with Gasteiger partial charge in [0.1, 0.15) is 5.15 Å². The number of ether oxygens (including phenoxy) is 1. The summed E-state index contributed by atoms with van der Waals surface area (Å²) in [5, 5.41) is 3.35. The molecule has 2 rings (SSSR count). The maximum atomic E-state index is 12.1. The molecule has 1 fully saturated rings. The molecule has 0 atom stereocenters. The molecule has 0 radical (unpaired) electrons. The molecule has 6 heteroatoms. The van der Waals surface area contributed by atoms with E-state index in [1.54, 1.807) is 6.07 Å². The number of nitrogens with zero attached hydrogens (tertiary/aromatic N) is 1. The number of pyridine rings is 1. The average molecular weight is 325 g/mol. The van der Waals surface area contributed by atoms with Crippen molar-refractivity contribution in [2.75, 3.05) is 13.7 Å². The number of hydrogen-bond donors (Lipinski definition) is 1. The molecular weight excluding hydrogens is 304 g/mol. The van der Waals surface area contributed by atoms with Gasteiger partial charge in [-0.1, -0.05) is 11.6 Å². The number of carbonyl (C=O) groups excluding carboxylic acids is 2. The second-order valence-electron chi connectivity index (χ2n) is 5.78. The molecule has 0 aromatic carbocycles. The van der Waals surface area contributed by atoms with Gasteiger partial charge in [0.15, 0.2) is 0 Å². The van der Waals surface area contributed by atoms with E-state index in [1.165, 1.54) is 13.3 Å². The fraction of sp³-hybridized carbons (Fsp3) is 0.562. The Hall–Kier alpha value is -1.62. The van der Waals surface area contributed by atoms with Gasteiger partial charge in [0.05, 0.1) is 18.6 Å². The predicted octanol–water partition coefficient (Wildman–Crippen LogP) is 2.75. The number of esters is 1. The lowest BCUT2D eigenvalue weighted by molar-refractivity contribution is -0.146. The molecule has 1 saturated carbocycles. The SMILES string of the molecule is COC(=O)C1CCC(CNC(=O)c2cnc(Cl)c(C)c2)CC1. The first kappa shape index (κ1) is 16.7. The zero-order chi connectivity index (χ0) is 16.1. The number of halogens is 1. The number of amides is 1. The molecule has 5 nitrogen and oxygen atoms in total. The van der Waals surface area contributed by atoms with E-state index in [0.29, 0.717) is 23.2 Å². The summed E-state index contributed by atoms with van der Waals surface area (Å²) in [4.78, 5) is 27.6. The third-order valence-electron chi connectivity index (χ3n) is 4.21. The van der Waals surface area contributed by atoms with Crippen molar-refractivity contribution in [2.24, 2.45) is 11.8 Å². The fourth-order valence-electron chi connectivity index (χ4n) is 2.79. The molecule has 0 saturated heterocycles. The lowest BCUT2D eigenvalue weighted by atomic mass is 9.82. The molecule has 1 aliphatic carbocycles. The summed E-state index contributed by atoms with van der Waals surface area (Å²) in [7, 11) is 1.43. The molecule has 1 aromatic heterocycles. The third kappa shape index (κ3) is 4.19. The molecule has 22 heavy (non-hydrogen) atoms. The van der Waals surface area contributed by atoms with Crippen LogP contribution in [-0.2, 0) is 9.53 Å². The van der Waals surface area contributed by atoms with Crippen LogP contribution in [-0.4, -0.2) is 30.5 Å². The van der Waals surface area contributed by atoms with E-state index < -0.39 is 0 Å². The Bertz CT molecular complexity index is 554. The Labute approximate surface area is 135 Å². The quantitative estimate of drug-likeness (QED) is 0.683. The van der Waals surface area contributed by atoms with Crippen LogP contribution in [0.5, 0.6) is 0 Å². The fourth-order valence-corrected chi connectivity index (χ4v) is 2.89. The van der Waals surface area contributed by atoms with E-state index in [9.17, 15) is 9.59 Å². The molecule has 1 aromatic rings. The zero-order valence-corrected chi connectivity index (χ0v) is 13.7. The van der Waals surface area contributed by atoms with E-state index >= 15 is 0 Å². The number of rotatable bonds is 4. The minimum absolute atomic E-state index is 0.0140. The summed E-state index contributed by atoms with van der Waals surface area (Å²) in [6.07, 6.45) is 5.00. The second-order valence-corrected chi connectivity index (χ2v) is 6.14. The van der Waals surface area contributed by atoms with Crippen LogP contribution in [0, 0.1) is 18.8 Å². The highest BCUT2D eigenvalue weighted by atomic mass is 35.5. The number of methoxy groups -OCH3 is 1. The van der Waals surface area contributed by atoms with E-state index in [4.69, 9.17) is 16.3 Å². The molecule has 120 valence electrons. The second kappa shape index (κ2) is 7.58. The van der Waals surface area contributed by atoms with Crippen molar-refractivity contribution in [1.82, 2.24) is 10.3 Å². The highest BCUT2D eigenvalue weighted by Crippen LogP contribution is 2.29. The maximum absolute atomic E-state index is 12.1. The number of aromatic nitrogens is 1. The van der Waals surface area contributed by atoms with Crippen LogP contribution in [0.25, 0.3) is 0 Å². The van der Waals surface area contributed by atoms with E-state index in [1.807, 2.05) is 6.92 Å². The van der Waals surface area contributed by atoms with Crippen LogP contribution in [0.15, 0.2) is 12.3 Å². The van der Waals surface area contributed by atoms with Crippen molar-refractivity contribution in [3.8, 4) is 0 Å². The minimum atomic E-state index is -0.137. The number of aryl methyl sites for hydroxylation is 1. The first-order valence-electron chi connectivity index (χ1n) is 7.49. The first-order valence-corrected chi connectivity index (χ1v) is 7.87. The first-order chi connectivity index (χ1) is 10.5. The summed E-state index contributed by atoms with van der Waals surface area (Å²) in [5.41, 5.74) is 1.30. The van der Waals surface area contributed by atoms with E-state index in [0.717, 1.165) is 31.2 Å². The van der Waals surface area contributed by atoms with E-state index in [2.05, 4.69) is 10.3 Å². The molecule has 1 N–H and O–H groups in total. The van der Waals surface area contributed by atoms with Gasteiger partial charge in [-0.15, -0.1) is 0 Å². The van der Waals surface area contributed by atoms with Crippen LogP contribution in [0.1, 0.15) is 41.6 Å². The Balaban J connectivity index is 1.80. The lowest BCUT2D eigenvalue weighted by Crippen LogP contribution is -2.32. The van der Waals surface area contributed by atoms with Crippen molar-refractivity contribution < 1.29 is 14.3 Å². The van der Waals surface area contributed by atoms with Gasteiger partial charge in [-0.25, -0.2) is 4.98 Å². The Morgan fingerprint density at radius 2 is 2.05 bits per heavy atom. The minimum Gasteiger partial charge on any atom is -0.469 e. The summed E-state index contributed by atoms with van der Waals surface area (Å²) in [6.45, 7) is 2.44. The van der Waals surface area contributed by atoms with Crippen molar-refractivity contribution in [3.63, 3.8) is 0 Å². The highest BCUT2D eigenvalue weighted by Gasteiger charge is 2.27. The lowest BCUT2D eigenvalue weighted by Gasteiger charge is -2.26. The Kier molecular flexibility index (Phi) is 5.77. The topological polar surface area (TPSA) is 68.3 Å². The summed E-state index contributed by atoms with van der Waals surface area (Å²) >= 11 is 5.85. The standard InChI is InChI=1S/C16H21ClN2O3/c1-10-7-13(9-18-14(10)17)15(20)19-8-11-3-5-12(6-4-11)16(21)22-2/h7,9,11-12H,3-6,8H2,1-2H3,(H,19,20). The molecule has 1 aliphatic rings. The van der Waals surface area contributed by atoms with Crippen LogP contribution >= 0.6 is 11.6 Å². The molecule has 0 unspecified atom stereocenters. The monoisotopic (exact) mass is 324 g/mol. The zero-order valence-electron chi connectivity index (χ0n) is 12.9. The van der Waals surface area contributed by atoms with Crippen molar-refractivity contribution in [1.29, 1.82) is 0 Å². The van der Waals surface area contributed by atoms with Crippen LogP contribution in [0.4, 0.5) is 0 Å². The largest absolute Gasteiger partial charge is 0.469 e. The molecule has 0 aliphatic heterocycles. The van der Waals surface area contributed by atoms with E-state index in [-0.39, 0.29) is 17.8 Å². The average Bonchev–Trinajstić information content (AvgIpc) is 2.54.